The molecule has 0 aromatic heterocycles. The van der Waals surface area contributed by atoms with Gasteiger partial charge in [0.15, 0.2) is 0 Å². The van der Waals surface area contributed by atoms with E-state index in [9.17, 15) is 5.11 Å². The molecule has 0 saturated carbocycles. The summed E-state index contributed by atoms with van der Waals surface area (Å²) in [4.78, 5) is 2.11. The zero-order chi connectivity index (χ0) is 13.7. The molecule has 2 nitrogen and oxygen atoms in total. The van der Waals surface area contributed by atoms with Gasteiger partial charge in [-0.3, -0.25) is 4.90 Å². The van der Waals surface area contributed by atoms with Gasteiger partial charge in [0.1, 0.15) is 0 Å². The Hall–Kier alpha value is -1.35. The SMILES string of the molecule is CN(Cc1ccccc1)C[C@@H](O)c1ccc(Cl)cc1. The number of hydrogen-bond donors (Lipinski definition) is 1. The fourth-order valence-electron chi connectivity index (χ4n) is 2.05. The van der Waals surface area contributed by atoms with E-state index in [0.717, 1.165) is 12.1 Å². The van der Waals surface area contributed by atoms with Gasteiger partial charge in [0.05, 0.1) is 6.10 Å². The van der Waals surface area contributed by atoms with E-state index in [4.69, 9.17) is 11.6 Å². The second-order valence-electron chi connectivity index (χ2n) is 4.75. The Balaban J connectivity index is 1.91. The van der Waals surface area contributed by atoms with Gasteiger partial charge in [-0.2, -0.15) is 0 Å². The molecule has 0 amide bonds. The zero-order valence-electron chi connectivity index (χ0n) is 11.0. The topological polar surface area (TPSA) is 23.5 Å². The van der Waals surface area contributed by atoms with Crippen LogP contribution in [0.2, 0.25) is 5.02 Å². The van der Waals surface area contributed by atoms with Crippen LogP contribution in [0.1, 0.15) is 17.2 Å². The number of halogens is 1. The first kappa shape index (κ1) is 14.1. The van der Waals surface area contributed by atoms with E-state index >= 15 is 0 Å². The van der Waals surface area contributed by atoms with Crippen molar-refractivity contribution in [1.29, 1.82) is 0 Å². The molecule has 2 rings (SSSR count). The first-order valence-corrected chi connectivity index (χ1v) is 6.69. The summed E-state index contributed by atoms with van der Waals surface area (Å²) in [5, 5.41) is 10.9. The number of benzene rings is 2. The molecule has 3 heteroatoms. The minimum absolute atomic E-state index is 0.494. The lowest BCUT2D eigenvalue weighted by Gasteiger charge is -2.21. The highest BCUT2D eigenvalue weighted by atomic mass is 35.5. The van der Waals surface area contributed by atoms with E-state index in [1.165, 1.54) is 5.56 Å². The minimum atomic E-state index is -0.494. The van der Waals surface area contributed by atoms with Crippen LogP contribution in [0.3, 0.4) is 0 Å². The highest BCUT2D eigenvalue weighted by Crippen LogP contribution is 2.17. The normalized spacial score (nSPS) is 12.6. The van der Waals surface area contributed by atoms with E-state index in [2.05, 4.69) is 17.0 Å². The Morgan fingerprint density at radius 1 is 1.05 bits per heavy atom. The molecule has 2 aromatic carbocycles. The zero-order valence-corrected chi connectivity index (χ0v) is 11.7. The first-order valence-electron chi connectivity index (χ1n) is 6.31. The molecule has 0 aliphatic carbocycles. The summed E-state index contributed by atoms with van der Waals surface area (Å²) in [5.74, 6) is 0. The van der Waals surface area contributed by atoms with Crippen LogP contribution in [-0.2, 0) is 6.54 Å². The van der Waals surface area contributed by atoms with E-state index in [1.54, 1.807) is 12.1 Å². The smallest absolute Gasteiger partial charge is 0.0916 e. The first-order chi connectivity index (χ1) is 9.15. The van der Waals surface area contributed by atoms with Crippen LogP contribution < -0.4 is 0 Å². The second-order valence-corrected chi connectivity index (χ2v) is 5.19. The predicted octanol–water partition coefficient (Wildman–Crippen LogP) is 3.51. The third kappa shape index (κ3) is 4.35. The molecular weight excluding hydrogens is 258 g/mol. The average molecular weight is 276 g/mol. The van der Waals surface area contributed by atoms with Gasteiger partial charge in [0, 0.05) is 18.1 Å². The average Bonchev–Trinajstić information content (AvgIpc) is 2.40. The maximum atomic E-state index is 10.2. The van der Waals surface area contributed by atoms with Crippen LogP contribution in [-0.4, -0.2) is 23.6 Å². The Labute approximate surface area is 119 Å². The summed E-state index contributed by atoms with van der Waals surface area (Å²) in [5.41, 5.74) is 2.14. The fourth-order valence-corrected chi connectivity index (χ4v) is 2.17. The summed E-state index contributed by atoms with van der Waals surface area (Å²) >= 11 is 5.84. The molecule has 0 radical (unpaired) electrons. The van der Waals surface area contributed by atoms with Gasteiger partial charge in [0.25, 0.3) is 0 Å². The van der Waals surface area contributed by atoms with Crippen molar-refractivity contribution in [3.05, 3.63) is 70.7 Å². The molecular formula is C16H18ClNO. The van der Waals surface area contributed by atoms with Crippen LogP contribution in [0, 0.1) is 0 Å². The standard InChI is InChI=1S/C16H18ClNO/c1-18(11-13-5-3-2-4-6-13)12-16(19)14-7-9-15(17)10-8-14/h2-10,16,19H,11-12H2,1H3/t16-/m1/s1. The molecule has 0 aliphatic rings. The third-order valence-corrected chi connectivity index (χ3v) is 3.29. The summed E-state index contributed by atoms with van der Waals surface area (Å²) in [7, 11) is 2.01. The third-order valence-electron chi connectivity index (χ3n) is 3.03. The molecule has 19 heavy (non-hydrogen) atoms. The molecule has 1 N–H and O–H groups in total. The van der Waals surface area contributed by atoms with Crippen molar-refractivity contribution in [2.75, 3.05) is 13.6 Å². The highest BCUT2D eigenvalue weighted by Gasteiger charge is 2.10. The number of aliphatic hydroxyl groups excluding tert-OH is 1. The van der Waals surface area contributed by atoms with Crippen molar-refractivity contribution in [1.82, 2.24) is 4.90 Å². The van der Waals surface area contributed by atoms with Crippen molar-refractivity contribution in [3.63, 3.8) is 0 Å². The van der Waals surface area contributed by atoms with Gasteiger partial charge in [0.2, 0.25) is 0 Å². The Morgan fingerprint density at radius 2 is 1.68 bits per heavy atom. The summed E-state index contributed by atoms with van der Waals surface area (Å²) in [6.45, 7) is 1.42. The molecule has 1 atom stereocenters. The molecule has 0 fully saturated rings. The van der Waals surface area contributed by atoms with E-state index in [1.807, 2.05) is 37.4 Å². The monoisotopic (exact) mass is 275 g/mol. The fraction of sp³-hybridized carbons (Fsp3) is 0.250. The number of likely N-dealkylation sites (N-methyl/N-ethyl adjacent to an activating group) is 1. The number of nitrogens with zero attached hydrogens (tertiary/aromatic N) is 1. The Kier molecular flexibility index (Phi) is 4.97. The predicted molar refractivity (Wildman–Crippen MR) is 79.2 cm³/mol. The molecule has 0 saturated heterocycles. The van der Waals surface area contributed by atoms with Gasteiger partial charge in [-0.05, 0) is 30.3 Å². The molecule has 0 aliphatic heterocycles. The van der Waals surface area contributed by atoms with Crippen molar-refractivity contribution in [2.24, 2.45) is 0 Å². The van der Waals surface area contributed by atoms with Crippen molar-refractivity contribution in [2.45, 2.75) is 12.6 Å². The highest BCUT2D eigenvalue weighted by molar-refractivity contribution is 6.30. The van der Waals surface area contributed by atoms with E-state index < -0.39 is 6.10 Å². The van der Waals surface area contributed by atoms with Gasteiger partial charge in [-0.25, -0.2) is 0 Å². The molecule has 0 bridgehead atoms. The molecule has 0 unspecified atom stereocenters. The molecule has 0 spiro atoms. The van der Waals surface area contributed by atoms with Gasteiger partial charge < -0.3 is 5.11 Å². The van der Waals surface area contributed by atoms with Crippen LogP contribution in [0.4, 0.5) is 0 Å². The number of rotatable bonds is 5. The lowest BCUT2D eigenvalue weighted by Crippen LogP contribution is -2.24. The van der Waals surface area contributed by atoms with Crippen LogP contribution >= 0.6 is 11.6 Å². The van der Waals surface area contributed by atoms with Gasteiger partial charge in [-0.1, -0.05) is 54.1 Å². The molecule has 100 valence electrons. The van der Waals surface area contributed by atoms with E-state index in [-0.39, 0.29) is 0 Å². The summed E-state index contributed by atoms with van der Waals surface area (Å²) < 4.78 is 0. The van der Waals surface area contributed by atoms with E-state index in [0.29, 0.717) is 11.6 Å². The lowest BCUT2D eigenvalue weighted by molar-refractivity contribution is 0.124. The minimum Gasteiger partial charge on any atom is -0.387 e. The van der Waals surface area contributed by atoms with Crippen LogP contribution in [0.25, 0.3) is 0 Å². The van der Waals surface area contributed by atoms with Crippen molar-refractivity contribution < 1.29 is 5.11 Å². The summed E-state index contributed by atoms with van der Waals surface area (Å²) in [6.07, 6.45) is -0.494. The Morgan fingerprint density at radius 3 is 2.32 bits per heavy atom. The van der Waals surface area contributed by atoms with Gasteiger partial charge >= 0.3 is 0 Å². The van der Waals surface area contributed by atoms with Crippen molar-refractivity contribution >= 4 is 11.6 Å². The van der Waals surface area contributed by atoms with Crippen LogP contribution in [0.5, 0.6) is 0 Å². The summed E-state index contributed by atoms with van der Waals surface area (Å²) in [6, 6.07) is 17.6. The molecule has 2 aromatic rings. The van der Waals surface area contributed by atoms with Crippen LogP contribution in [0.15, 0.2) is 54.6 Å². The van der Waals surface area contributed by atoms with Crippen molar-refractivity contribution in [3.8, 4) is 0 Å². The Bertz CT molecular complexity index is 498. The second kappa shape index (κ2) is 6.71. The van der Waals surface area contributed by atoms with Gasteiger partial charge in [-0.15, -0.1) is 0 Å². The maximum Gasteiger partial charge on any atom is 0.0916 e. The largest absolute Gasteiger partial charge is 0.387 e. The maximum absolute atomic E-state index is 10.2. The molecule has 0 heterocycles. The quantitative estimate of drug-likeness (QED) is 0.903. The number of aliphatic hydroxyl groups is 1. The lowest BCUT2D eigenvalue weighted by atomic mass is 10.1. The number of hydrogen-bond acceptors (Lipinski definition) is 2.